The first-order valence-corrected chi connectivity index (χ1v) is 8.99. The van der Waals surface area contributed by atoms with Gasteiger partial charge in [0.25, 0.3) is 0 Å². The molecule has 1 saturated heterocycles. The summed E-state index contributed by atoms with van der Waals surface area (Å²) in [6, 6.07) is 2.99. The number of rotatable bonds is 3. The molecule has 1 amide bonds. The fourth-order valence-corrected chi connectivity index (χ4v) is 3.91. The summed E-state index contributed by atoms with van der Waals surface area (Å²) in [4.78, 5) is 16.5. The van der Waals surface area contributed by atoms with Crippen LogP contribution >= 0.6 is 0 Å². The summed E-state index contributed by atoms with van der Waals surface area (Å²) < 4.78 is 26.7. The van der Waals surface area contributed by atoms with Crippen molar-refractivity contribution < 1.29 is 13.2 Å². The van der Waals surface area contributed by atoms with E-state index in [9.17, 15) is 13.2 Å². The first-order chi connectivity index (χ1) is 10.4. The number of sulfonamides is 1. The lowest BCUT2D eigenvalue weighted by molar-refractivity contribution is -0.120. The van der Waals surface area contributed by atoms with E-state index in [1.54, 1.807) is 29.2 Å². The van der Waals surface area contributed by atoms with Gasteiger partial charge in [-0.1, -0.05) is 6.42 Å². The Labute approximate surface area is 129 Å². The van der Waals surface area contributed by atoms with Crippen molar-refractivity contribution in [3.05, 3.63) is 30.9 Å². The predicted molar refractivity (Wildman–Crippen MR) is 83.0 cm³/mol. The second kappa shape index (κ2) is 5.69. The molecule has 3 rings (SSSR count). The predicted octanol–water partition coefficient (Wildman–Crippen LogP) is 1.09. The molecule has 2 aromatic heterocycles. The lowest BCUT2D eigenvalue weighted by atomic mass is 10.0. The Kier molecular flexibility index (Phi) is 3.88. The quantitative estimate of drug-likeness (QED) is 0.917. The Morgan fingerprint density at radius 1 is 1.36 bits per heavy atom. The molecule has 0 radical (unpaired) electrons. The van der Waals surface area contributed by atoms with Crippen molar-refractivity contribution in [1.82, 2.24) is 13.7 Å². The first-order valence-electron chi connectivity index (χ1n) is 7.14. The average Bonchev–Trinajstić information content (AvgIpc) is 2.94. The summed E-state index contributed by atoms with van der Waals surface area (Å²) in [5.74, 6) is -0.287. The minimum Gasteiger partial charge on any atom is -0.323 e. The molecule has 2 aromatic rings. The molecular formula is C14H18N4O3S. The molecule has 1 atom stereocenters. The van der Waals surface area contributed by atoms with E-state index in [1.165, 1.54) is 4.31 Å². The lowest BCUT2D eigenvalue weighted by Gasteiger charge is -2.32. The average molecular weight is 322 g/mol. The third kappa shape index (κ3) is 2.97. The zero-order valence-corrected chi connectivity index (χ0v) is 13.1. The molecule has 0 aliphatic carbocycles. The van der Waals surface area contributed by atoms with E-state index < -0.39 is 16.1 Å². The number of hydrogen-bond acceptors (Lipinski definition) is 4. The van der Waals surface area contributed by atoms with Crippen LogP contribution in [0.4, 0.5) is 5.69 Å². The normalized spacial score (nSPS) is 20.1. The monoisotopic (exact) mass is 322 g/mol. The minimum atomic E-state index is -3.38. The van der Waals surface area contributed by atoms with Crippen LogP contribution in [0.5, 0.6) is 0 Å². The molecule has 7 nitrogen and oxygen atoms in total. The van der Waals surface area contributed by atoms with Crippen LogP contribution in [-0.4, -0.2) is 46.9 Å². The molecule has 118 valence electrons. The van der Waals surface area contributed by atoms with Crippen molar-refractivity contribution in [2.45, 2.75) is 25.3 Å². The number of hydrogen-bond donors (Lipinski definition) is 1. The highest BCUT2D eigenvalue weighted by Gasteiger charge is 2.34. The van der Waals surface area contributed by atoms with E-state index in [-0.39, 0.29) is 5.91 Å². The van der Waals surface area contributed by atoms with Gasteiger partial charge in [-0.15, -0.1) is 0 Å². The van der Waals surface area contributed by atoms with Crippen LogP contribution < -0.4 is 5.32 Å². The molecule has 1 fully saturated rings. The molecule has 0 spiro atoms. The Bertz CT molecular complexity index is 799. The Hall–Kier alpha value is -1.93. The van der Waals surface area contributed by atoms with Gasteiger partial charge in [-0.25, -0.2) is 13.4 Å². The van der Waals surface area contributed by atoms with Gasteiger partial charge >= 0.3 is 0 Å². The van der Waals surface area contributed by atoms with Crippen LogP contribution in [0.2, 0.25) is 0 Å². The maximum Gasteiger partial charge on any atom is 0.242 e. The molecular weight excluding hydrogens is 304 g/mol. The van der Waals surface area contributed by atoms with Gasteiger partial charge in [0.15, 0.2) is 0 Å². The molecule has 1 N–H and O–H groups in total. The van der Waals surface area contributed by atoms with Gasteiger partial charge < -0.3 is 9.72 Å². The molecule has 3 heterocycles. The molecule has 8 heteroatoms. The Balaban J connectivity index is 1.80. The summed E-state index contributed by atoms with van der Waals surface area (Å²) in [6.07, 6.45) is 8.46. The van der Waals surface area contributed by atoms with Crippen molar-refractivity contribution in [3.8, 4) is 0 Å². The molecule has 1 aliphatic rings. The van der Waals surface area contributed by atoms with Crippen LogP contribution in [0.1, 0.15) is 19.3 Å². The van der Waals surface area contributed by atoms with E-state index in [0.717, 1.165) is 24.6 Å². The number of nitrogens with zero attached hydrogens (tertiary/aromatic N) is 3. The molecule has 0 aromatic carbocycles. The SMILES string of the molecule is CS(=O)(=O)N1CCCCC1C(=O)Nc1ccc2cncn2c1. The Morgan fingerprint density at radius 3 is 2.95 bits per heavy atom. The third-order valence-corrected chi connectivity index (χ3v) is 5.15. The highest BCUT2D eigenvalue weighted by Crippen LogP contribution is 2.21. The zero-order valence-electron chi connectivity index (χ0n) is 12.3. The van der Waals surface area contributed by atoms with E-state index in [1.807, 2.05) is 6.07 Å². The number of aromatic nitrogens is 2. The van der Waals surface area contributed by atoms with Crippen molar-refractivity contribution in [2.24, 2.45) is 0 Å². The maximum absolute atomic E-state index is 12.5. The fraction of sp³-hybridized carbons (Fsp3) is 0.429. The molecule has 0 bridgehead atoms. The number of amides is 1. The van der Waals surface area contributed by atoms with Gasteiger partial charge in [-0.2, -0.15) is 4.31 Å². The molecule has 1 aliphatic heterocycles. The van der Waals surface area contributed by atoms with E-state index in [0.29, 0.717) is 18.7 Å². The van der Waals surface area contributed by atoms with E-state index >= 15 is 0 Å². The standard InChI is InChI=1S/C14H18N4O3S/c1-22(20,21)18-7-3-2-4-13(18)14(19)16-11-5-6-12-8-15-10-17(12)9-11/h5-6,8-10,13H,2-4,7H2,1H3,(H,16,19). The van der Waals surface area contributed by atoms with Gasteiger partial charge in [0.1, 0.15) is 6.04 Å². The number of nitrogens with one attached hydrogen (secondary N) is 1. The van der Waals surface area contributed by atoms with E-state index in [4.69, 9.17) is 0 Å². The summed E-state index contributed by atoms with van der Waals surface area (Å²) in [6.45, 7) is 0.400. The largest absolute Gasteiger partial charge is 0.323 e. The number of imidazole rings is 1. The number of carbonyl (C=O) groups excluding carboxylic acids is 1. The number of piperidine rings is 1. The third-order valence-electron chi connectivity index (χ3n) is 3.86. The van der Waals surface area contributed by atoms with Gasteiger partial charge in [0.2, 0.25) is 15.9 Å². The zero-order chi connectivity index (χ0) is 15.7. The van der Waals surface area contributed by atoms with Crippen LogP contribution in [0.15, 0.2) is 30.9 Å². The highest BCUT2D eigenvalue weighted by atomic mass is 32.2. The van der Waals surface area contributed by atoms with Gasteiger partial charge in [0, 0.05) is 12.7 Å². The number of fused-ring (bicyclic) bond motifs is 1. The number of carbonyl (C=O) groups is 1. The van der Waals surface area contributed by atoms with Gasteiger partial charge in [-0.05, 0) is 25.0 Å². The van der Waals surface area contributed by atoms with Crippen molar-refractivity contribution in [3.63, 3.8) is 0 Å². The van der Waals surface area contributed by atoms with Crippen LogP contribution in [0, 0.1) is 0 Å². The Morgan fingerprint density at radius 2 is 2.18 bits per heavy atom. The second-order valence-electron chi connectivity index (χ2n) is 5.52. The van der Waals surface area contributed by atoms with Crippen molar-refractivity contribution in [2.75, 3.05) is 18.1 Å². The van der Waals surface area contributed by atoms with Crippen molar-refractivity contribution in [1.29, 1.82) is 0 Å². The molecule has 22 heavy (non-hydrogen) atoms. The van der Waals surface area contributed by atoms with Crippen LogP contribution in [0.25, 0.3) is 5.52 Å². The number of pyridine rings is 1. The topological polar surface area (TPSA) is 83.8 Å². The minimum absolute atomic E-state index is 0.287. The molecule has 0 saturated carbocycles. The molecule has 1 unspecified atom stereocenters. The smallest absolute Gasteiger partial charge is 0.242 e. The van der Waals surface area contributed by atoms with E-state index in [2.05, 4.69) is 10.3 Å². The number of anilines is 1. The summed E-state index contributed by atoms with van der Waals surface area (Å²) in [7, 11) is -3.38. The lowest BCUT2D eigenvalue weighted by Crippen LogP contribution is -2.49. The van der Waals surface area contributed by atoms with Crippen molar-refractivity contribution >= 4 is 27.1 Å². The van der Waals surface area contributed by atoms with Crippen LogP contribution in [-0.2, 0) is 14.8 Å². The maximum atomic E-state index is 12.5. The highest BCUT2D eigenvalue weighted by molar-refractivity contribution is 7.88. The summed E-state index contributed by atoms with van der Waals surface area (Å²) >= 11 is 0. The van der Waals surface area contributed by atoms with Gasteiger partial charge in [-0.3, -0.25) is 4.79 Å². The fourth-order valence-electron chi connectivity index (χ4n) is 2.78. The summed E-state index contributed by atoms with van der Waals surface area (Å²) in [5, 5.41) is 2.80. The first kappa shape index (κ1) is 15.0. The van der Waals surface area contributed by atoms with Crippen LogP contribution in [0.3, 0.4) is 0 Å². The second-order valence-corrected chi connectivity index (χ2v) is 7.45. The summed E-state index contributed by atoms with van der Waals surface area (Å²) in [5.41, 5.74) is 1.54. The van der Waals surface area contributed by atoms with Gasteiger partial charge in [0.05, 0.1) is 30.0 Å².